The molecule has 0 spiro atoms. The van der Waals surface area contributed by atoms with Gasteiger partial charge in [-0.05, 0) is 48.7 Å². The molecule has 4 heteroatoms. The Morgan fingerprint density at radius 2 is 2.09 bits per heavy atom. The molecular formula is C19H24N2O2. The zero-order valence-corrected chi connectivity index (χ0v) is 13.6. The van der Waals surface area contributed by atoms with Crippen LogP contribution in [0.5, 0.6) is 11.5 Å². The van der Waals surface area contributed by atoms with E-state index in [0.717, 1.165) is 44.6 Å². The fourth-order valence-corrected chi connectivity index (χ4v) is 3.11. The van der Waals surface area contributed by atoms with Crippen LogP contribution in [0.25, 0.3) is 0 Å². The minimum atomic E-state index is 0.195. The lowest BCUT2D eigenvalue weighted by molar-refractivity contribution is 0.373. The van der Waals surface area contributed by atoms with Crippen LogP contribution in [0.15, 0.2) is 42.5 Å². The molecule has 23 heavy (non-hydrogen) atoms. The maximum atomic E-state index is 9.77. The third-order valence-electron chi connectivity index (χ3n) is 4.34. The summed E-state index contributed by atoms with van der Waals surface area (Å²) in [6.45, 7) is 3.93. The normalized spacial score (nSPS) is 13.2. The van der Waals surface area contributed by atoms with Crippen LogP contribution in [0.1, 0.15) is 17.5 Å². The van der Waals surface area contributed by atoms with Crippen molar-refractivity contribution in [3.63, 3.8) is 0 Å². The maximum absolute atomic E-state index is 9.77. The SMILES string of the molecule is COc1ccc(CNCCCN2CCc3ccccc32)cc1O. The predicted molar refractivity (Wildman–Crippen MR) is 93.3 cm³/mol. The molecule has 1 aliphatic heterocycles. The van der Waals surface area contributed by atoms with E-state index in [-0.39, 0.29) is 5.75 Å². The molecule has 0 unspecified atom stereocenters. The number of nitrogens with zero attached hydrogens (tertiary/aromatic N) is 1. The highest BCUT2D eigenvalue weighted by Gasteiger charge is 2.17. The van der Waals surface area contributed by atoms with Crippen LogP contribution in [0.2, 0.25) is 0 Å². The van der Waals surface area contributed by atoms with E-state index in [1.807, 2.05) is 6.07 Å². The fraction of sp³-hybridized carbons (Fsp3) is 0.368. The summed E-state index contributed by atoms with van der Waals surface area (Å²) in [6, 6.07) is 14.2. The van der Waals surface area contributed by atoms with Crippen LogP contribution in [-0.4, -0.2) is 31.9 Å². The van der Waals surface area contributed by atoms with Crippen LogP contribution in [-0.2, 0) is 13.0 Å². The van der Waals surface area contributed by atoms with Crippen LogP contribution < -0.4 is 15.0 Å². The second-order valence-electron chi connectivity index (χ2n) is 5.90. The fourth-order valence-electron chi connectivity index (χ4n) is 3.11. The quantitative estimate of drug-likeness (QED) is 0.772. The summed E-state index contributed by atoms with van der Waals surface area (Å²) in [5.74, 6) is 0.710. The average molecular weight is 312 g/mol. The van der Waals surface area contributed by atoms with Gasteiger partial charge in [-0.3, -0.25) is 0 Å². The number of phenols is 1. The number of rotatable bonds is 7. The van der Waals surface area contributed by atoms with Crippen molar-refractivity contribution in [2.75, 3.05) is 31.6 Å². The summed E-state index contributed by atoms with van der Waals surface area (Å²) in [5, 5.41) is 13.2. The van der Waals surface area contributed by atoms with Gasteiger partial charge in [0.1, 0.15) is 0 Å². The van der Waals surface area contributed by atoms with Crippen molar-refractivity contribution in [2.24, 2.45) is 0 Å². The molecule has 122 valence electrons. The van der Waals surface area contributed by atoms with Crippen LogP contribution in [0, 0.1) is 0 Å². The lowest BCUT2D eigenvalue weighted by Crippen LogP contribution is -2.25. The molecule has 4 nitrogen and oxygen atoms in total. The Kier molecular flexibility index (Phi) is 5.03. The van der Waals surface area contributed by atoms with E-state index in [4.69, 9.17) is 4.74 Å². The number of nitrogens with one attached hydrogen (secondary N) is 1. The molecule has 0 bridgehead atoms. The van der Waals surface area contributed by atoms with E-state index in [1.165, 1.54) is 11.3 Å². The Hall–Kier alpha value is -2.20. The van der Waals surface area contributed by atoms with E-state index in [1.54, 1.807) is 19.2 Å². The zero-order valence-electron chi connectivity index (χ0n) is 13.6. The first-order valence-electron chi connectivity index (χ1n) is 8.17. The molecule has 0 aromatic heterocycles. The van der Waals surface area contributed by atoms with Gasteiger partial charge in [-0.2, -0.15) is 0 Å². The molecule has 0 aliphatic carbocycles. The number of hydrogen-bond acceptors (Lipinski definition) is 4. The van der Waals surface area contributed by atoms with Crippen molar-refractivity contribution in [3.05, 3.63) is 53.6 Å². The van der Waals surface area contributed by atoms with Crippen molar-refractivity contribution in [2.45, 2.75) is 19.4 Å². The summed E-state index contributed by atoms with van der Waals surface area (Å²) in [7, 11) is 1.56. The number of fused-ring (bicyclic) bond motifs is 1. The summed E-state index contributed by atoms with van der Waals surface area (Å²) in [5.41, 5.74) is 3.93. The first kappa shape index (κ1) is 15.7. The van der Waals surface area contributed by atoms with Gasteiger partial charge in [0.15, 0.2) is 11.5 Å². The number of methoxy groups -OCH3 is 1. The first-order valence-corrected chi connectivity index (χ1v) is 8.17. The number of para-hydroxylation sites is 1. The molecule has 0 saturated carbocycles. The summed E-state index contributed by atoms with van der Waals surface area (Å²) < 4.78 is 5.05. The molecule has 3 rings (SSSR count). The molecular weight excluding hydrogens is 288 g/mol. The smallest absolute Gasteiger partial charge is 0.160 e. The Labute approximate surface area is 137 Å². The molecule has 0 fully saturated rings. The topological polar surface area (TPSA) is 44.7 Å². The molecule has 0 radical (unpaired) electrons. The number of phenolic OH excluding ortho intramolecular Hbond substituents is 1. The molecule has 1 heterocycles. The van der Waals surface area contributed by atoms with Gasteiger partial charge in [-0.25, -0.2) is 0 Å². The summed E-state index contributed by atoms with van der Waals surface area (Å²) in [6.07, 6.45) is 2.27. The number of aromatic hydroxyl groups is 1. The van der Waals surface area contributed by atoms with Crippen molar-refractivity contribution < 1.29 is 9.84 Å². The average Bonchev–Trinajstić information content (AvgIpc) is 2.98. The molecule has 0 saturated heterocycles. The molecule has 0 atom stereocenters. The highest BCUT2D eigenvalue weighted by molar-refractivity contribution is 5.57. The van der Waals surface area contributed by atoms with Gasteiger partial charge < -0.3 is 20.1 Å². The van der Waals surface area contributed by atoms with E-state index < -0.39 is 0 Å². The molecule has 2 aromatic rings. The van der Waals surface area contributed by atoms with Gasteiger partial charge in [0, 0.05) is 25.3 Å². The van der Waals surface area contributed by atoms with Gasteiger partial charge in [0.05, 0.1) is 7.11 Å². The van der Waals surface area contributed by atoms with Crippen molar-refractivity contribution in [1.82, 2.24) is 5.32 Å². The Morgan fingerprint density at radius 3 is 2.91 bits per heavy atom. The third kappa shape index (κ3) is 3.77. The van der Waals surface area contributed by atoms with Crippen molar-refractivity contribution >= 4 is 5.69 Å². The van der Waals surface area contributed by atoms with Crippen molar-refractivity contribution in [1.29, 1.82) is 0 Å². The van der Waals surface area contributed by atoms with Crippen LogP contribution in [0.3, 0.4) is 0 Å². The molecule has 2 N–H and O–H groups in total. The van der Waals surface area contributed by atoms with E-state index >= 15 is 0 Å². The largest absolute Gasteiger partial charge is 0.504 e. The summed E-state index contributed by atoms with van der Waals surface area (Å²) >= 11 is 0. The van der Waals surface area contributed by atoms with Gasteiger partial charge >= 0.3 is 0 Å². The highest BCUT2D eigenvalue weighted by atomic mass is 16.5. The second-order valence-corrected chi connectivity index (χ2v) is 5.90. The van der Waals surface area contributed by atoms with Gasteiger partial charge in [0.2, 0.25) is 0 Å². The van der Waals surface area contributed by atoms with E-state index in [9.17, 15) is 5.11 Å². The maximum Gasteiger partial charge on any atom is 0.160 e. The monoisotopic (exact) mass is 312 g/mol. The Bertz CT molecular complexity index is 658. The highest BCUT2D eigenvalue weighted by Crippen LogP contribution is 2.27. The Morgan fingerprint density at radius 1 is 1.22 bits per heavy atom. The van der Waals surface area contributed by atoms with Crippen LogP contribution >= 0.6 is 0 Å². The number of benzene rings is 2. The van der Waals surface area contributed by atoms with E-state index in [2.05, 4.69) is 34.5 Å². The summed E-state index contributed by atoms with van der Waals surface area (Å²) in [4.78, 5) is 2.47. The first-order chi connectivity index (χ1) is 11.3. The number of anilines is 1. The lowest BCUT2D eigenvalue weighted by atomic mass is 10.2. The minimum absolute atomic E-state index is 0.195. The van der Waals surface area contributed by atoms with Gasteiger partial charge in [-0.15, -0.1) is 0 Å². The third-order valence-corrected chi connectivity index (χ3v) is 4.34. The van der Waals surface area contributed by atoms with Gasteiger partial charge in [0.25, 0.3) is 0 Å². The standard InChI is InChI=1S/C19H24N2O2/c1-23-19-8-7-15(13-18(19)22)14-20-10-4-11-21-12-9-16-5-2-3-6-17(16)21/h2-3,5-8,13,20,22H,4,9-12,14H2,1H3. The predicted octanol–water partition coefficient (Wildman–Crippen LogP) is 2.94. The molecule has 2 aromatic carbocycles. The van der Waals surface area contributed by atoms with Gasteiger partial charge in [-0.1, -0.05) is 24.3 Å². The number of hydrogen-bond donors (Lipinski definition) is 2. The molecule has 0 amide bonds. The van der Waals surface area contributed by atoms with Crippen LogP contribution in [0.4, 0.5) is 5.69 Å². The van der Waals surface area contributed by atoms with E-state index in [0.29, 0.717) is 5.75 Å². The molecule has 1 aliphatic rings. The van der Waals surface area contributed by atoms with Crippen molar-refractivity contribution in [3.8, 4) is 11.5 Å². The zero-order chi connectivity index (χ0) is 16.1. The minimum Gasteiger partial charge on any atom is -0.504 e. The number of ether oxygens (including phenoxy) is 1. The Balaban J connectivity index is 1.40. The second kappa shape index (κ2) is 7.38. The lowest BCUT2D eigenvalue weighted by Gasteiger charge is -2.19.